The van der Waals surface area contributed by atoms with E-state index in [0.29, 0.717) is 5.78 Å². The van der Waals surface area contributed by atoms with Crippen LogP contribution in [0.1, 0.15) is 64.2 Å². The normalized spacial score (nSPS) is 24.6. The maximum absolute atomic E-state index is 11.7. The third kappa shape index (κ3) is 3.43. The summed E-state index contributed by atoms with van der Waals surface area (Å²) in [7, 11) is 0. The Hall–Kier alpha value is -0.330. The van der Waals surface area contributed by atoms with Gasteiger partial charge >= 0.3 is 0 Å². The maximum atomic E-state index is 11.7. The van der Waals surface area contributed by atoms with Crippen LogP contribution in [0.25, 0.3) is 0 Å². The molecule has 0 radical (unpaired) electrons. The zero-order valence-corrected chi connectivity index (χ0v) is 9.13. The predicted octanol–water partition coefficient (Wildman–Crippen LogP) is 3.72. The molecule has 0 N–H and O–H groups in total. The molecule has 0 aromatic carbocycles. The number of hydrogen-bond donors (Lipinski definition) is 0. The number of carbonyl (C=O) groups excluding carboxylic acids is 1. The van der Waals surface area contributed by atoms with Crippen molar-refractivity contribution in [2.24, 2.45) is 11.8 Å². The van der Waals surface area contributed by atoms with Gasteiger partial charge in [-0.15, -0.1) is 0 Å². The third-order valence-corrected chi connectivity index (χ3v) is 3.70. The van der Waals surface area contributed by atoms with Crippen LogP contribution in [0.2, 0.25) is 0 Å². The largest absolute Gasteiger partial charge is 0.300 e. The molecule has 0 aromatic heterocycles. The Balaban J connectivity index is 1.68. The Bertz CT molecular complexity index is 185. The summed E-state index contributed by atoms with van der Waals surface area (Å²) < 4.78 is 0. The van der Waals surface area contributed by atoms with Gasteiger partial charge in [0.2, 0.25) is 0 Å². The summed E-state index contributed by atoms with van der Waals surface area (Å²) in [6, 6.07) is 0. The highest BCUT2D eigenvalue weighted by Gasteiger charge is 2.25. The van der Waals surface area contributed by atoms with E-state index in [1.54, 1.807) is 0 Å². The van der Waals surface area contributed by atoms with E-state index in [1.807, 2.05) is 0 Å². The fourth-order valence-electron chi connectivity index (χ4n) is 2.62. The Labute approximate surface area is 87.3 Å². The summed E-state index contributed by atoms with van der Waals surface area (Å²) in [6.07, 6.45) is 12.6. The van der Waals surface area contributed by atoms with Crippen molar-refractivity contribution in [3.05, 3.63) is 0 Å². The van der Waals surface area contributed by atoms with Crippen molar-refractivity contribution in [2.45, 2.75) is 64.2 Å². The first kappa shape index (κ1) is 10.2. The molecule has 14 heavy (non-hydrogen) atoms. The van der Waals surface area contributed by atoms with E-state index >= 15 is 0 Å². The fraction of sp³-hybridized carbons (Fsp3) is 0.923. The molecule has 0 atom stereocenters. The van der Waals surface area contributed by atoms with Gasteiger partial charge in [-0.3, -0.25) is 4.79 Å². The van der Waals surface area contributed by atoms with Gasteiger partial charge in [0.25, 0.3) is 0 Å². The van der Waals surface area contributed by atoms with Crippen LogP contribution < -0.4 is 0 Å². The minimum Gasteiger partial charge on any atom is -0.300 e. The Kier molecular flexibility index (Phi) is 3.61. The second-order valence-corrected chi connectivity index (χ2v) is 5.25. The van der Waals surface area contributed by atoms with Crippen molar-refractivity contribution in [1.29, 1.82) is 0 Å². The molecule has 0 bridgehead atoms. The predicted molar refractivity (Wildman–Crippen MR) is 58.2 cm³/mol. The van der Waals surface area contributed by atoms with Crippen molar-refractivity contribution in [1.82, 2.24) is 0 Å². The minimum atomic E-state index is 0.555. The maximum Gasteiger partial charge on any atom is 0.133 e. The van der Waals surface area contributed by atoms with Crippen LogP contribution in [-0.2, 0) is 4.79 Å². The van der Waals surface area contributed by atoms with E-state index in [4.69, 9.17) is 0 Å². The summed E-state index contributed by atoms with van der Waals surface area (Å²) in [6.45, 7) is 0. The average Bonchev–Trinajstić information content (AvgIpc) is 2.93. The zero-order chi connectivity index (χ0) is 9.80. The van der Waals surface area contributed by atoms with Gasteiger partial charge in [0, 0.05) is 12.8 Å². The monoisotopic (exact) mass is 194 g/mol. The van der Waals surface area contributed by atoms with Crippen molar-refractivity contribution >= 4 is 5.78 Å². The highest BCUT2D eigenvalue weighted by atomic mass is 16.1. The minimum absolute atomic E-state index is 0.555. The molecule has 2 saturated carbocycles. The smallest absolute Gasteiger partial charge is 0.133 e. The highest BCUT2D eigenvalue weighted by Crippen LogP contribution is 2.34. The average molecular weight is 194 g/mol. The third-order valence-electron chi connectivity index (χ3n) is 3.70. The fourth-order valence-corrected chi connectivity index (χ4v) is 2.62. The van der Waals surface area contributed by atoms with Gasteiger partial charge in [-0.1, -0.05) is 38.5 Å². The van der Waals surface area contributed by atoms with E-state index < -0.39 is 0 Å². The molecule has 2 fully saturated rings. The van der Waals surface area contributed by atoms with Gasteiger partial charge in [0.1, 0.15) is 5.78 Å². The molecule has 1 nitrogen and oxygen atoms in total. The van der Waals surface area contributed by atoms with Gasteiger partial charge < -0.3 is 0 Å². The van der Waals surface area contributed by atoms with Gasteiger partial charge in [-0.05, 0) is 24.7 Å². The lowest BCUT2D eigenvalue weighted by molar-refractivity contribution is -0.120. The molecule has 0 aromatic rings. The van der Waals surface area contributed by atoms with Gasteiger partial charge in [-0.2, -0.15) is 0 Å². The van der Waals surface area contributed by atoms with E-state index in [2.05, 4.69) is 0 Å². The topological polar surface area (TPSA) is 17.1 Å². The van der Waals surface area contributed by atoms with Crippen molar-refractivity contribution in [3.8, 4) is 0 Å². The second-order valence-electron chi connectivity index (χ2n) is 5.25. The Morgan fingerprint density at radius 1 is 0.786 bits per heavy atom. The van der Waals surface area contributed by atoms with Crippen molar-refractivity contribution in [2.75, 3.05) is 0 Å². The van der Waals surface area contributed by atoms with Crippen LogP contribution in [0.5, 0.6) is 0 Å². The van der Waals surface area contributed by atoms with Crippen LogP contribution in [0.4, 0.5) is 0 Å². The van der Waals surface area contributed by atoms with Crippen LogP contribution in [-0.4, -0.2) is 5.78 Å². The molecule has 0 amide bonds. The molecule has 2 aliphatic carbocycles. The molecule has 0 heterocycles. The van der Waals surface area contributed by atoms with Gasteiger partial charge in [-0.25, -0.2) is 0 Å². The summed E-state index contributed by atoms with van der Waals surface area (Å²) >= 11 is 0. The summed E-state index contributed by atoms with van der Waals surface area (Å²) in [5, 5.41) is 0. The first-order valence-corrected chi connectivity index (χ1v) is 6.36. The molecule has 0 saturated heterocycles. The van der Waals surface area contributed by atoms with Gasteiger partial charge in [0.05, 0.1) is 0 Å². The summed E-state index contributed by atoms with van der Waals surface area (Å²) in [5.41, 5.74) is 0. The highest BCUT2D eigenvalue weighted by molar-refractivity contribution is 5.79. The number of carbonyl (C=O) groups is 1. The molecule has 1 heteroatoms. The lowest BCUT2D eigenvalue weighted by Crippen LogP contribution is -2.08. The number of Topliss-reactive ketones (excluding diaryl/α,β-unsaturated/α-hetero) is 1. The molecular formula is C13H22O. The number of rotatable bonds is 4. The zero-order valence-electron chi connectivity index (χ0n) is 9.13. The van der Waals surface area contributed by atoms with Crippen molar-refractivity contribution < 1.29 is 4.79 Å². The number of hydrogen-bond acceptors (Lipinski definition) is 1. The van der Waals surface area contributed by atoms with Crippen molar-refractivity contribution in [3.63, 3.8) is 0 Å². The van der Waals surface area contributed by atoms with Crippen LogP contribution in [0.15, 0.2) is 0 Å². The molecule has 2 rings (SSSR count). The summed E-state index contributed by atoms with van der Waals surface area (Å²) in [5.74, 6) is 2.08. The van der Waals surface area contributed by atoms with E-state index in [9.17, 15) is 4.79 Å². The lowest BCUT2D eigenvalue weighted by atomic mass is 9.93. The summed E-state index contributed by atoms with van der Waals surface area (Å²) in [4.78, 5) is 11.7. The number of ketones is 1. The van der Waals surface area contributed by atoms with Crippen LogP contribution in [0.3, 0.4) is 0 Å². The first-order valence-electron chi connectivity index (χ1n) is 6.36. The lowest BCUT2D eigenvalue weighted by Gasteiger charge is -2.12. The van der Waals surface area contributed by atoms with Crippen LogP contribution >= 0.6 is 0 Å². The van der Waals surface area contributed by atoms with Gasteiger partial charge in [0.15, 0.2) is 0 Å². The van der Waals surface area contributed by atoms with Crippen LogP contribution in [0, 0.1) is 11.8 Å². The quantitative estimate of drug-likeness (QED) is 0.623. The van der Waals surface area contributed by atoms with E-state index in [1.165, 1.54) is 51.4 Å². The molecular weight excluding hydrogens is 172 g/mol. The molecule has 0 unspecified atom stereocenters. The Morgan fingerprint density at radius 2 is 1.29 bits per heavy atom. The SMILES string of the molecule is O=C(CC1CCCCCC1)CC1CC1. The van der Waals surface area contributed by atoms with E-state index in [0.717, 1.165) is 24.7 Å². The molecule has 80 valence electrons. The van der Waals surface area contributed by atoms with E-state index in [-0.39, 0.29) is 0 Å². The molecule has 2 aliphatic rings. The molecule has 0 spiro atoms. The molecule has 0 aliphatic heterocycles. The second kappa shape index (κ2) is 4.95. The standard InChI is InChI=1S/C13H22O/c14-13(10-12-7-8-12)9-11-5-3-1-2-4-6-11/h11-12H,1-10H2. The Morgan fingerprint density at radius 3 is 1.79 bits per heavy atom. The first-order chi connectivity index (χ1) is 6.84.